The van der Waals surface area contributed by atoms with E-state index in [-0.39, 0.29) is 12.5 Å². The van der Waals surface area contributed by atoms with Crippen LogP contribution in [0.1, 0.15) is 41.6 Å². The van der Waals surface area contributed by atoms with Crippen LogP contribution in [0.5, 0.6) is 5.75 Å². The van der Waals surface area contributed by atoms with Gasteiger partial charge in [-0.25, -0.2) is 4.79 Å². The summed E-state index contributed by atoms with van der Waals surface area (Å²) in [5.74, 6) is -1.78. The van der Waals surface area contributed by atoms with Crippen molar-refractivity contribution >= 4 is 11.9 Å². The molecular formula is C27H30F3N3O4. The molecule has 198 valence electrons. The molecule has 2 aromatic carbocycles. The molecule has 2 heterocycles. The van der Waals surface area contributed by atoms with Gasteiger partial charge in [-0.15, -0.1) is 0 Å². The number of hydrogen-bond acceptors (Lipinski definition) is 5. The number of nitriles is 1. The molecule has 2 aliphatic heterocycles. The molecule has 1 amide bonds. The first-order valence-electron chi connectivity index (χ1n) is 12.1. The maximum Gasteiger partial charge on any atom is 0.490 e. The number of piperidine rings is 2. The van der Waals surface area contributed by atoms with Crippen molar-refractivity contribution in [3.63, 3.8) is 0 Å². The number of benzene rings is 2. The number of carbonyl (C=O) groups excluding carboxylic acids is 1. The highest BCUT2D eigenvalue weighted by Crippen LogP contribution is 2.42. The number of carboxylic acid groups (broad SMARTS) is 1. The third kappa shape index (κ3) is 7.95. The third-order valence-corrected chi connectivity index (χ3v) is 6.95. The van der Waals surface area contributed by atoms with Gasteiger partial charge < -0.3 is 14.7 Å². The minimum Gasteiger partial charge on any atom is -0.478 e. The molecule has 0 unspecified atom stereocenters. The van der Waals surface area contributed by atoms with Crippen molar-refractivity contribution in [3.8, 4) is 11.8 Å². The van der Waals surface area contributed by atoms with Crippen LogP contribution in [0.25, 0.3) is 0 Å². The Bertz CT molecular complexity index is 1080. The van der Waals surface area contributed by atoms with Crippen molar-refractivity contribution < 1.29 is 32.6 Å². The average Bonchev–Trinajstić information content (AvgIpc) is 2.90. The van der Waals surface area contributed by atoms with Crippen molar-refractivity contribution in [2.45, 2.75) is 38.4 Å². The molecule has 0 aromatic heterocycles. The van der Waals surface area contributed by atoms with Crippen LogP contribution in [-0.2, 0) is 11.3 Å². The van der Waals surface area contributed by atoms with Gasteiger partial charge in [-0.3, -0.25) is 9.69 Å². The van der Waals surface area contributed by atoms with Gasteiger partial charge in [0.25, 0.3) is 5.91 Å². The number of hydrogen-bond donors (Lipinski definition) is 1. The highest BCUT2D eigenvalue weighted by atomic mass is 19.4. The smallest absolute Gasteiger partial charge is 0.478 e. The second-order valence-corrected chi connectivity index (χ2v) is 9.29. The molecule has 2 aromatic rings. The summed E-state index contributed by atoms with van der Waals surface area (Å²) in [4.78, 5) is 26.1. The van der Waals surface area contributed by atoms with Crippen LogP contribution >= 0.6 is 0 Å². The Hall–Kier alpha value is -3.58. The number of ether oxygens (including phenoxy) is 1. The predicted octanol–water partition coefficient (Wildman–Crippen LogP) is 4.74. The molecule has 2 saturated heterocycles. The van der Waals surface area contributed by atoms with E-state index in [1.807, 2.05) is 59.5 Å². The Labute approximate surface area is 214 Å². The summed E-state index contributed by atoms with van der Waals surface area (Å²) in [5.41, 5.74) is 2.31. The van der Waals surface area contributed by atoms with Crippen LogP contribution < -0.4 is 4.74 Å². The SMILES string of the molecule is N#CCOc1ccccc1CN1CCC2(CC1)CCN(C(=O)c1ccccc1)CC2.O=C(O)C(F)(F)F. The number of carbonyl (C=O) groups is 2. The molecular weight excluding hydrogens is 487 g/mol. The largest absolute Gasteiger partial charge is 0.490 e. The Morgan fingerprint density at radius 1 is 0.946 bits per heavy atom. The van der Waals surface area contributed by atoms with Gasteiger partial charge in [0.2, 0.25) is 0 Å². The lowest BCUT2D eigenvalue weighted by Gasteiger charge is -2.47. The minimum absolute atomic E-state index is 0.0817. The molecule has 0 saturated carbocycles. The van der Waals surface area contributed by atoms with Crippen LogP contribution in [0.3, 0.4) is 0 Å². The van der Waals surface area contributed by atoms with Gasteiger partial charge in [-0.1, -0.05) is 36.4 Å². The van der Waals surface area contributed by atoms with Crippen molar-refractivity contribution in [2.24, 2.45) is 5.41 Å². The summed E-state index contributed by atoms with van der Waals surface area (Å²) < 4.78 is 37.3. The Kier molecular flexibility index (Phi) is 9.53. The summed E-state index contributed by atoms with van der Waals surface area (Å²) in [6, 6.07) is 19.7. The van der Waals surface area contributed by atoms with Crippen LogP contribution in [0.4, 0.5) is 13.2 Å². The standard InChI is InChI=1S/C25H29N3O2.C2HF3O2/c26-14-19-30-23-9-5-4-8-22(23)20-27-15-10-25(11-16-27)12-17-28(18-13-25)24(29)21-6-2-1-3-7-21;3-2(4,5)1(6)7/h1-9H,10-13,15-20H2;(H,6,7). The summed E-state index contributed by atoms with van der Waals surface area (Å²) >= 11 is 0. The fourth-order valence-corrected chi connectivity index (χ4v) is 4.76. The van der Waals surface area contributed by atoms with Crippen LogP contribution in [-0.4, -0.2) is 65.7 Å². The zero-order valence-corrected chi connectivity index (χ0v) is 20.4. The maximum atomic E-state index is 12.7. The Morgan fingerprint density at radius 2 is 1.49 bits per heavy atom. The number of halogens is 3. The molecule has 10 heteroatoms. The first-order chi connectivity index (χ1) is 17.6. The molecule has 1 N–H and O–H groups in total. The van der Waals surface area contributed by atoms with Crippen LogP contribution in [0, 0.1) is 16.7 Å². The van der Waals surface area contributed by atoms with E-state index in [2.05, 4.69) is 11.0 Å². The molecule has 0 bridgehead atoms. The lowest BCUT2D eigenvalue weighted by atomic mass is 9.71. The van der Waals surface area contributed by atoms with Gasteiger partial charge in [0.15, 0.2) is 6.61 Å². The summed E-state index contributed by atoms with van der Waals surface area (Å²) in [5, 5.41) is 15.9. The third-order valence-electron chi connectivity index (χ3n) is 6.95. The van der Waals surface area contributed by atoms with Gasteiger partial charge in [-0.05, 0) is 62.4 Å². The van der Waals surface area contributed by atoms with E-state index in [0.717, 1.165) is 62.4 Å². The topological polar surface area (TPSA) is 93.9 Å². The van der Waals surface area contributed by atoms with E-state index in [0.29, 0.717) is 5.41 Å². The number of aliphatic carboxylic acids is 1. The lowest BCUT2D eigenvalue weighted by Crippen LogP contribution is -2.48. The molecule has 0 radical (unpaired) electrons. The number of alkyl halides is 3. The van der Waals surface area contributed by atoms with Crippen molar-refractivity contribution in [1.82, 2.24) is 9.80 Å². The molecule has 2 fully saturated rings. The van der Waals surface area contributed by atoms with E-state index in [9.17, 15) is 18.0 Å². The molecule has 7 nitrogen and oxygen atoms in total. The fourth-order valence-electron chi connectivity index (χ4n) is 4.76. The van der Waals surface area contributed by atoms with Crippen LogP contribution in [0.15, 0.2) is 54.6 Å². The number of para-hydroxylation sites is 1. The van der Waals surface area contributed by atoms with E-state index >= 15 is 0 Å². The number of amides is 1. The molecule has 2 aliphatic rings. The van der Waals surface area contributed by atoms with E-state index < -0.39 is 12.1 Å². The highest BCUT2D eigenvalue weighted by molar-refractivity contribution is 5.94. The van der Waals surface area contributed by atoms with Gasteiger partial charge in [-0.2, -0.15) is 18.4 Å². The highest BCUT2D eigenvalue weighted by Gasteiger charge is 2.39. The number of carboxylic acids is 1. The summed E-state index contributed by atoms with van der Waals surface area (Å²) in [7, 11) is 0. The van der Waals surface area contributed by atoms with Gasteiger partial charge in [0.1, 0.15) is 11.8 Å². The monoisotopic (exact) mass is 517 g/mol. The van der Waals surface area contributed by atoms with Gasteiger partial charge >= 0.3 is 12.1 Å². The summed E-state index contributed by atoms with van der Waals surface area (Å²) in [6.45, 7) is 4.80. The zero-order valence-electron chi connectivity index (χ0n) is 20.4. The fraction of sp³-hybridized carbons (Fsp3) is 0.444. The molecule has 0 atom stereocenters. The Morgan fingerprint density at radius 3 is 2.05 bits per heavy atom. The normalized spacial score (nSPS) is 17.3. The molecule has 0 aliphatic carbocycles. The van der Waals surface area contributed by atoms with Crippen molar-refractivity contribution in [2.75, 3.05) is 32.8 Å². The van der Waals surface area contributed by atoms with Crippen molar-refractivity contribution in [1.29, 1.82) is 5.26 Å². The second kappa shape index (κ2) is 12.6. The number of nitrogens with zero attached hydrogens (tertiary/aromatic N) is 3. The molecule has 4 rings (SSSR count). The first kappa shape index (κ1) is 28.0. The quantitative estimate of drug-likeness (QED) is 0.616. The van der Waals surface area contributed by atoms with E-state index in [1.165, 1.54) is 12.8 Å². The van der Waals surface area contributed by atoms with Gasteiger partial charge in [0, 0.05) is 30.8 Å². The van der Waals surface area contributed by atoms with Crippen molar-refractivity contribution in [3.05, 3.63) is 65.7 Å². The maximum absolute atomic E-state index is 12.7. The molecule has 37 heavy (non-hydrogen) atoms. The van der Waals surface area contributed by atoms with E-state index in [4.69, 9.17) is 19.9 Å². The van der Waals surface area contributed by atoms with Crippen LogP contribution in [0.2, 0.25) is 0 Å². The van der Waals surface area contributed by atoms with Gasteiger partial charge in [0.05, 0.1) is 0 Å². The first-order valence-corrected chi connectivity index (χ1v) is 12.1. The second-order valence-electron chi connectivity index (χ2n) is 9.29. The minimum atomic E-state index is -5.08. The van der Waals surface area contributed by atoms with E-state index in [1.54, 1.807) is 0 Å². The number of rotatable bonds is 5. The lowest BCUT2D eigenvalue weighted by molar-refractivity contribution is -0.192. The molecule has 1 spiro atoms. The average molecular weight is 518 g/mol. The Balaban J connectivity index is 0.000000479. The predicted molar refractivity (Wildman–Crippen MR) is 130 cm³/mol. The number of likely N-dealkylation sites (tertiary alicyclic amines) is 2. The summed E-state index contributed by atoms with van der Waals surface area (Å²) in [6.07, 6.45) is -0.522. The zero-order chi connectivity index (χ0) is 26.9.